The van der Waals surface area contributed by atoms with Crippen LogP contribution in [0.4, 0.5) is 11.4 Å². The molecular formula is C30H30BrN5O2S. The van der Waals surface area contributed by atoms with Gasteiger partial charge in [-0.25, -0.2) is 0 Å². The van der Waals surface area contributed by atoms with Crippen molar-refractivity contribution in [2.45, 2.75) is 39.3 Å². The Morgan fingerprint density at radius 2 is 1.92 bits per heavy atom. The van der Waals surface area contributed by atoms with Crippen molar-refractivity contribution in [3.05, 3.63) is 100 Å². The molecule has 0 spiro atoms. The Labute approximate surface area is 242 Å². The summed E-state index contributed by atoms with van der Waals surface area (Å²) in [5, 5.41) is 7.04. The molecule has 0 unspecified atom stereocenters. The number of amides is 1. The summed E-state index contributed by atoms with van der Waals surface area (Å²) in [6, 6.07) is 21.8. The first-order valence-electron chi connectivity index (χ1n) is 12.8. The molecule has 7 nitrogen and oxygen atoms in total. The molecule has 0 saturated carbocycles. The number of hydrogen-bond donors (Lipinski definition) is 2. The van der Waals surface area contributed by atoms with Gasteiger partial charge in [-0.2, -0.15) is 0 Å². The van der Waals surface area contributed by atoms with E-state index in [2.05, 4.69) is 73.1 Å². The molecule has 2 aromatic heterocycles. The number of thiocarbonyl (C=S) groups is 1. The van der Waals surface area contributed by atoms with Crippen molar-refractivity contribution >= 4 is 50.5 Å². The van der Waals surface area contributed by atoms with Crippen molar-refractivity contribution < 1.29 is 9.53 Å². The number of carbonyl (C=O) groups excluding carboxylic acids is 1. The number of anilines is 2. The van der Waals surface area contributed by atoms with Crippen LogP contribution in [0.1, 0.15) is 48.1 Å². The lowest BCUT2D eigenvalue weighted by molar-refractivity contribution is -0.115. The number of benzene rings is 2. The number of ether oxygens (including phenoxy) is 1. The first kappa shape index (κ1) is 26.9. The summed E-state index contributed by atoms with van der Waals surface area (Å²) in [6.45, 7) is 6.08. The zero-order chi connectivity index (χ0) is 27.7. The summed E-state index contributed by atoms with van der Waals surface area (Å²) in [4.78, 5) is 18.9. The van der Waals surface area contributed by atoms with Gasteiger partial charge in [0.25, 0.3) is 0 Å². The molecule has 1 aliphatic heterocycles. The molecule has 1 fully saturated rings. The average molecular weight is 605 g/mol. The van der Waals surface area contributed by atoms with Crippen LogP contribution in [0.25, 0.3) is 5.69 Å². The highest BCUT2D eigenvalue weighted by Crippen LogP contribution is 2.45. The molecule has 0 bridgehead atoms. The third-order valence-electron chi connectivity index (χ3n) is 7.01. The molecule has 1 amide bonds. The maximum atomic E-state index is 12.1. The van der Waals surface area contributed by atoms with E-state index in [9.17, 15) is 4.79 Å². The second-order valence-electron chi connectivity index (χ2n) is 9.42. The maximum Gasteiger partial charge on any atom is 0.224 e. The SMILES string of the molecule is CCC(=O)Nc1ccc(N2C(=S)N[C@@H](c3ccccn3)[C@@H]2c2cc(C)n(-c3cccc(Br)c3)c2C)cc1OC. The topological polar surface area (TPSA) is 71.4 Å². The van der Waals surface area contributed by atoms with Crippen LogP contribution in [-0.2, 0) is 4.79 Å². The summed E-state index contributed by atoms with van der Waals surface area (Å²) >= 11 is 9.55. The van der Waals surface area contributed by atoms with Crippen LogP contribution in [-0.4, -0.2) is 27.7 Å². The number of nitrogens with one attached hydrogen (secondary N) is 2. The second kappa shape index (κ2) is 11.2. The molecule has 4 aromatic rings. The van der Waals surface area contributed by atoms with Crippen LogP contribution in [0, 0.1) is 13.8 Å². The van der Waals surface area contributed by atoms with Crippen LogP contribution in [0.2, 0.25) is 0 Å². The van der Waals surface area contributed by atoms with Gasteiger partial charge in [0, 0.05) is 45.9 Å². The van der Waals surface area contributed by atoms with Crippen molar-refractivity contribution in [2.24, 2.45) is 0 Å². The third kappa shape index (κ3) is 5.16. The lowest BCUT2D eigenvalue weighted by Crippen LogP contribution is -2.29. The second-order valence-corrected chi connectivity index (χ2v) is 10.7. The summed E-state index contributed by atoms with van der Waals surface area (Å²) < 4.78 is 8.95. The molecule has 39 heavy (non-hydrogen) atoms. The van der Waals surface area contributed by atoms with Crippen LogP contribution in [0.15, 0.2) is 77.4 Å². The third-order valence-corrected chi connectivity index (χ3v) is 7.82. The van der Waals surface area contributed by atoms with Gasteiger partial charge in [-0.15, -0.1) is 0 Å². The molecule has 2 aromatic carbocycles. The van der Waals surface area contributed by atoms with E-state index >= 15 is 0 Å². The van der Waals surface area contributed by atoms with Crippen molar-refractivity contribution in [2.75, 3.05) is 17.3 Å². The van der Waals surface area contributed by atoms with Crippen molar-refractivity contribution in [1.82, 2.24) is 14.9 Å². The zero-order valence-electron chi connectivity index (χ0n) is 22.2. The monoisotopic (exact) mass is 603 g/mol. The van der Waals surface area contributed by atoms with Gasteiger partial charge in [-0.05, 0) is 80.2 Å². The summed E-state index contributed by atoms with van der Waals surface area (Å²) in [5.41, 5.74) is 6.83. The maximum absolute atomic E-state index is 12.1. The van der Waals surface area contributed by atoms with Crippen molar-refractivity contribution in [3.63, 3.8) is 0 Å². The van der Waals surface area contributed by atoms with Gasteiger partial charge < -0.3 is 24.8 Å². The highest BCUT2D eigenvalue weighted by molar-refractivity contribution is 9.10. The number of aromatic nitrogens is 2. The molecule has 5 rings (SSSR count). The number of aryl methyl sites for hydroxylation is 1. The quantitative estimate of drug-likeness (QED) is 0.227. The summed E-state index contributed by atoms with van der Waals surface area (Å²) in [7, 11) is 1.60. The molecular weight excluding hydrogens is 574 g/mol. The van der Waals surface area contributed by atoms with Gasteiger partial charge in [-0.3, -0.25) is 9.78 Å². The van der Waals surface area contributed by atoms with Gasteiger partial charge in [-0.1, -0.05) is 35.0 Å². The van der Waals surface area contributed by atoms with Gasteiger partial charge in [0.05, 0.1) is 30.6 Å². The minimum Gasteiger partial charge on any atom is -0.494 e. The summed E-state index contributed by atoms with van der Waals surface area (Å²) in [5.74, 6) is 0.490. The van der Waals surface area contributed by atoms with E-state index in [-0.39, 0.29) is 18.0 Å². The zero-order valence-corrected chi connectivity index (χ0v) is 24.6. The predicted octanol–water partition coefficient (Wildman–Crippen LogP) is 6.79. The van der Waals surface area contributed by atoms with Crippen LogP contribution in [0.3, 0.4) is 0 Å². The van der Waals surface area contributed by atoms with E-state index < -0.39 is 0 Å². The number of halogens is 1. The molecule has 9 heteroatoms. The first-order valence-corrected chi connectivity index (χ1v) is 14.0. The van der Waals surface area contributed by atoms with E-state index in [1.54, 1.807) is 13.3 Å². The highest BCUT2D eigenvalue weighted by atomic mass is 79.9. The Hall–Kier alpha value is -3.69. The van der Waals surface area contributed by atoms with Gasteiger partial charge in [0.2, 0.25) is 5.91 Å². The van der Waals surface area contributed by atoms with Crippen molar-refractivity contribution in [3.8, 4) is 11.4 Å². The van der Waals surface area contributed by atoms with E-state index in [0.29, 0.717) is 23.0 Å². The molecule has 2 N–H and O–H groups in total. The van der Waals surface area contributed by atoms with Crippen LogP contribution >= 0.6 is 28.1 Å². The number of carbonyl (C=O) groups is 1. The molecule has 3 heterocycles. The number of pyridine rings is 1. The predicted molar refractivity (Wildman–Crippen MR) is 163 cm³/mol. The number of rotatable bonds is 7. The fraction of sp³-hybridized carbons (Fsp3) is 0.233. The Morgan fingerprint density at radius 1 is 1.10 bits per heavy atom. The highest BCUT2D eigenvalue weighted by Gasteiger charge is 2.42. The van der Waals surface area contributed by atoms with E-state index in [1.165, 1.54) is 0 Å². The Morgan fingerprint density at radius 3 is 2.62 bits per heavy atom. The van der Waals surface area contributed by atoms with Crippen LogP contribution in [0.5, 0.6) is 5.75 Å². The minimum atomic E-state index is -0.180. The summed E-state index contributed by atoms with van der Waals surface area (Å²) in [6.07, 6.45) is 2.19. The van der Waals surface area contributed by atoms with E-state index in [0.717, 1.165) is 38.5 Å². The number of nitrogens with zero attached hydrogens (tertiary/aromatic N) is 3. The minimum absolute atomic E-state index is 0.0764. The Bertz CT molecular complexity index is 1540. The molecule has 1 aliphatic rings. The smallest absolute Gasteiger partial charge is 0.224 e. The lowest BCUT2D eigenvalue weighted by atomic mass is 9.96. The number of methoxy groups -OCH3 is 1. The molecule has 200 valence electrons. The van der Waals surface area contributed by atoms with E-state index in [1.807, 2.05) is 55.5 Å². The first-order chi connectivity index (χ1) is 18.8. The fourth-order valence-corrected chi connectivity index (χ4v) is 5.95. The largest absolute Gasteiger partial charge is 0.494 e. The Balaban J connectivity index is 1.65. The van der Waals surface area contributed by atoms with Crippen LogP contribution < -0.4 is 20.3 Å². The normalized spacial score (nSPS) is 16.7. The Kier molecular flexibility index (Phi) is 7.72. The molecule has 0 aliphatic carbocycles. The lowest BCUT2D eigenvalue weighted by Gasteiger charge is -2.29. The van der Waals surface area contributed by atoms with Gasteiger partial charge >= 0.3 is 0 Å². The molecule has 2 atom stereocenters. The average Bonchev–Trinajstić information content (AvgIpc) is 3.43. The van der Waals surface area contributed by atoms with E-state index in [4.69, 9.17) is 17.0 Å². The van der Waals surface area contributed by atoms with Crippen molar-refractivity contribution in [1.29, 1.82) is 0 Å². The standard InChI is InChI=1S/C30H30BrN5O2S/c1-5-27(37)33-24-13-12-22(17-26(24)38-4)36-29(28(34-30(36)39)25-11-6-7-14-32-25)23-15-18(2)35(19(23)3)21-10-8-9-20(31)16-21/h6-17,28-29H,5H2,1-4H3,(H,33,37)(H,34,39)/t28-,29-/m0/s1. The fourth-order valence-electron chi connectivity index (χ4n) is 5.22. The number of hydrogen-bond acceptors (Lipinski definition) is 4. The molecule has 1 saturated heterocycles. The molecule has 0 radical (unpaired) electrons. The van der Waals surface area contributed by atoms with Gasteiger partial charge in [0.1, 0.15) is 5.75 Å². The van der Waals surface area contributed by atoms with Gasteiger partial charge in [0.15, 0.2) is 5.11 Å².